The minimum absolute atomic E-state index is 0.148. The van der Waals surface area contributed by atoms with Gasteiger partial charge in [0.2, 0.25) is 5.95 Å². The SMILES string of the molecule is FC(F)(F)c1ccnc(N2CCCN(c3ccccc3)CC2)n1. The van der Waals surface area contributed by atoms with Crippen LogP contribution in [0.3, 0.4) is 0 Å². The standard InChI is InChI=1S/C16H17F3N4/c17-16(18,19)14-7-8-20-15(21-14)23-10-4-9-22(11-12-23)13-5-2-1-3-6-13/h1-3,5-8H,4,9-12H2. The molecule has 2 aromatic rings. The Morgan fingerprint density at radius 3 is 2.30 bits per heavy atom. The second-order valence-electron chi connectivity index (χ2n) is 5.40. The third-order valence-corrected chi connectivity index (χ3v) is 3.83. The molecule has 4 nitrogen and oxygen atoms in total. The molecular formula is C16H17F3N4. The number of alkyl halides is 3. The minimum atomic E-state index is -4.44. The van der Waals surface area contributed by atoms with Crippen LogP contribution in [-0.2, 0) is 6.18 Å². The van der Waals surface area contributed by atoms with Crippen LogP contribution in [0.15, 0.2) is 42.6 Å². The van der Waals surface area contributed by atoms with Crippen molar-refractivity contribution >= 4 is 11.6 Å². The third kappa shape index (κ3) is 3.72. The molecule has 1 aromatic heterocycles. The molecule has 7 heteroatoms. The summed E-state index contributed by atoms with van der Waals surface area (Å²) in [5, 5.41) is 0. The lowest BCUT2D eigenvalue weighted by Crippen LogP contribution is -2.32. The molecule has 1 aliphatic rings. The Hall–Kier alpha value is -2.31. The van der Waals surface area contributed by atoms with Crippen LogP contribution >= 0.6 is 0 Å². The Kier molecular flexibility index (Phi) is 4.36. The minimum Gasteiger partial charge on any atom is -0.370 e. The van der Waals surface area contributed by atoms with Crippen molar-refractivity contribution in [3.05, 3.63) is 48.3 Å². The van der Waals surface area contributed by atoms with Gasteiger partial charge in [0.15, 0.2) is 0 Å². The van der Waals surface area contributed by atoms with E-state index < -0.39 is 11.9 Å². The zero-order valence-electron chi connectivity index (χ0n) is 12.5. The van der Waals surface area contributed by atoms with Gasteiger partial charge in [0, 0.05) is 38.1 Å². The summed E-state index contributed by atoms with van der Waals surface area (Å²) < 4.78 is 38.3. The first kappa shape index (κ1) is 15.6. The highest BCUT2D eigenvalue weighted by Gasteiger charge is 2.33. The van der Waals surface area contributed by atoms with Crippen LogP contribution in [0.2, 0.25) is 0 Å². The van der Waals surface area contributed by atoms with Crippen LogP contribution in [0.4, 0.5) is 24.8 Å². The van der Waals surface area contributed by atoms with E-state index in [0.717, 1.165) is 31.3 Å². The van der Waals surface area contributed by atoms with Gasteiger partial charge < -0.3 is 9.80 Å². The fraction of sp³-hybridized carbons (Fsp3) is 0.375. The Labute approximate surface area is 132 Å². The summed E-state index contributed by atoms with van der Waals surface area (Å²) in [5.41, 5.74) is 0.228. The number of anilines is 2. The summed E-state index contributed by atoms with van der Waals surface area (Å²) in [6, 6.07) is 10.9. The maximum absolute atomic E-state index is 12.8. The highest BCUT2D eigenvalue weighted by molar-refractivity contribution is 5.47. The number of nitrogens with zero attached hydrogens (tertiary/aromatic N) is 4. The van der Waals surface area contributed by atoms with Crippen LogP contribution in [0.25, 0.3) is 0 Å². The zero-order valence-corrected chi connectivity index (χ0v) is 12.5. The van der Waals surface area contributed by atoms with E-state index in [0.29, 0.717) is 13.1 Å². The Balaban J connectivity index is 1.73. The first-order chi connectivity index (χ1) is 11.0. The first-order valence-corrected chi connectivity index (χ1v) is 7.49. The number of aromatic nitrogens is 2. The molecule has 3 rings (SSSR count). The van der Waals surface area contributed by atoms with Crippen LogP contribution in [-0.4, -0.2) is 36.1 Å². The summed E-state index contributed by atoms with van der Waals surface area (Å²) in [6.07, 6.45) is -2.43. The molecule has 2 heterocycles. The van der Waals surface area contributed by atoms with Gasteiger partial charge in [-0.1, -0.05) is 18.2 Å². The van der Waals surface area contributed by atoms with Crippen molar-refractivity contribution in [2.24, 2.45) is 0 Å². The van der Waals surface area contributed by atoms with Crippen LogP contribution in [0, 0.1) is 0 Å². The number of rotatable bonds is 2. The fourth-order valence-corrected chi connectivity index (χ4v) is 2.67. The number of benzene rings is 1. The van der Waals surface area contributed by atoms with Crippen molar-refractivity contribution in [3.8, 4) is 0 Å². The van der Waals surface area contributed by atoms with Crippen LogP contribution < -0.4 is 9.80 Å². The number of hydrogen-bond acceptors (Lipinski definition) is 4. The smallest absolute Gasteiger partial charge is 0.370 e. The molecular weight excluding hydrogens is 305 g/mol. The molecule has 0 atom stereocenters. The van der Waals surface area contributed by atoms with E-state index in [1.807, 2.05) is 35.2 Å². The van der Waals surface area contributed by atoms with Crippen molar-refractivity contribution in [1.82, 2.24) is 9.97 Å². The van der Waals surface area contributed by atoms with Gasteiger partial charge in [-0.15, -0.1) is 0 Å². The van der Waals surface area contributed by atoms with Gasteiger partial charge in [-0.2, -0.15) is 13.2 Å². The summed E-state index contributed by atoms with van der Waals surface area (Å²) in [7, 11) is 0. The molecule has 0 aliphatic carbocycles. The van der Waals surface area contributed by atoms with Crippen molar-refractivity contribution in [3.63, 3.8) is 0 Å². The number of hydrogen-bond donors (Lipinski definition) is 0. The predicted octanol–water partition coefficient (Wildman–Crippen LogP) is 3.21. The van der Waals surface area contributed by atoms with Gasteiger partial charge in [-0.05, 0) is 24.6 Å². The highest BCUT2D eigenvalue weighted by atomic mass is 19.4. The number of para-hydroxylation sites is 1. The second-order valence-corrected chi connectivity index (χ2v) is 5.40. The van der Waals surface area contributed by atoms with E-state index in [1.165, 1.54) is 6.20 Å². The fourth-order valence-electron chi connectivity index (χ4n) is 2.67. The summed E-state index contributed by atoms with van der Waals surface area (Å²) in [5.74, 6) is 0.148. The van der Waals surface area contributed by atoms with Crippen molar-refractivity contribution in [2.75, 3.05) is 36.0 Å². The average molecular weight is 322 g/mol. The largest absolute Gasteiger partial charge is 0.433 e. The Morgan fingerprint density at radius 1 is 0.870 bits per heavy atom. The second kappa shape index (κ2) is 6.44. The lowest BCUT2D eigenvalue weighted by Gasteiger charge is -2.23. The van der Waals surface area contributed by atoms with Gasteiger partial charge in [0.05, 0.1) is 0 Å². The molecule has 122 valence electrons. The molecule has 0 N–H and O–H groups in total. The summed E-state index contributed by atoms with van der Waals surface area (Å²) in [6.45, 7) is 2.82. The number of halogens is 3. The third-order valence-electron chi connectivity index (χ3n) is 3.83. The summed E-state index contributed by atoms with van der Waals surface area (Å²) >= 11 is 0. The summed E-state index contributed by atoms with van der Waals surface area (Å²) in [4.78, 5) is 11.7. The Morgan fingerprint density at radius 2 is 1.57 bits per heavy atom. The lowest BCUT2D eigenvalue weighted by molar-refractivity contribution is -0.141. The first-order valence-electron chi connectivity index (χ1n) is 7.49. The van der Waals surface area contributed by atoms with E-state index >= 15 is 0 Å². The molecule has 1 saturated heterocycles. The zero-order chi connectivity index (χ0) is 16.3. The lowest BCUT2D eigenvalue weighted by atomic mass is 10.3. The van der Waals surface area contributed by atoms with Gasteiger partial charge in [-0.3, -0.25) is 0 Å². The monoisotopic (exact) mass is 322 g/mol. The molecule has 0 spiro atoms. The van der Waals surface area contributed by atoms with E-state index in [4.69, 9.17) is 0 Å². The molecule has 23 heavy (non-hydrogen) atoms. The molecule has 0 radical (unpaired) electrons. The molecule has 1 aromatic carbocycles. The van der Waals surface area contributed by atoms with Crippen molar-refractivity contribution < 1.29 is 13.2 Å². The molecule has 0 unspecified atom stereocenters. The topological polar surface area (TPSA) is 32.3 Å². The molecule has 0 bridgehead atoms. The van der Waals surface area contributed by atoms with Gasteiger partial charge >= 0.3 is 6.18 Å². The average Bonchev–Trinajstić information content (AvgIpc) is 2.81. The maximum Gasteiger partial charge on any atom is 0.433 e. The van der Waals surface area contributed by atoms with E-state index in [1.54, 1.807) is 0 Å². The maximum atomic E-state index is 12.8. The van der Waals surface area contributed by atoms with Gasteiger partial charge in [0.1, 0.15) is 5.69 Å². The molecule has 0 amide bonds. The van der Waals surface area contributed by atoms with Crippen LogP contribution in [0.1, 0.15) is 12.1 Å². The quantitative estimate of drug-likeness (QED) is 0.850. The Bertz CT molecular complexity index is 645. The molecule has 1 fully saturated rings. The van der Waals surface area contributed by atoms with Crippen LogP contribution in [0.5, 0.6) is 0 Å². The van der Waals surface area contributed by atoms with Gasteiger partial charge in [-0.25, -0.2) is 9.97 Å². The highest BCUT2D eigenvalue weighted by Crippen LogP contribution is 2.28. The van der Waals surface area contributed by atoms with E-state index in [9.17, 15) is 13.2 Å². The van der Waals surface area contributed by atoms with Crippen molar-refractivity contribution in [1.29, 1.82) is 0 Å². The van der Waals surface area contributed by atoms with E-state index in [-0.39, 0.29) is 5.95 Å². The van der Waals surface area contributed by atoms with Gasteiger partial charge in [0.25, 0.3) is 0 Å². The predicted molar refractivity (Wildman–Crippen MR) is 82.5 cm³/mol. The molecule has 1 aliphatic heterocycles. The normalized spacial score (nSPS) is 16.3. The molecule has 0 saturated carbocycles. The van der Waals surface area contributed by atoms with E-state index in [2.05, 4.69) is 14.9 Å². The van der Waals surface area contributed by atoms with Crippen molar-refractivity contribution in [2.45, 2.75) is 12.6 Å².